The molecule has 1 atom stereocenters. The highest BCUT2D eigenvalue weighted by molar-refractivity contribution is 5.73. The standard InChI is InChI=1S/C12H21F3N2O/c1-8(2)10-11(4,5)6-16(9(3)18)17(10)7-12(13,14)15/h8,10H,6-7H2,1-5H3. The van der Waals surface area contributed by atoms with Gasteiger partial charge in [-0.2, -0.15) is 13.2 Å². The summed E-state index contributed by atoms with van der Waals surface area (Å²) in [6, 6.07) is -0.289. The minimum atomic E-state index is -4.30. The molecule has 0 spiro atoms. The summed E-state index contributed by atoms with van der Waals surface area (Å²) in [7, 11) is 0. The van der Waals surface area contributed by atoms with Crippen LogP contribution in [-0.4, -0.2) is 41.2 Å². The van der Waals surface area contributed by atoms with Crippen LogP contribution in [0.3, 0.4) is 0 Å². The van der Waals surface area contributed by atoms with Gasteiger partial charge >= 0.3 is 6.18 Å². The van der Waals surface area contributed by atoms with E-state index in [1.807, 2.05) is 27.7 Å². The van der Waals surface area contributed by atoms with Gasteiger partial charge in [0, 0.05) is 24.9 Å². The highest BCUT2D eigenvalue weighted by atomic mass is 19.4. The minimum absolute atomic E-state index is 0.0479. The lowest BCUT2D eigenvalue weighted by atomic mass is 9.80. The van der Waals surface area contributed by atoms with Gasteiger partial charge in [0.05, 0.1) is 0 Å². The SMILES string of the molecule is CC(=O)N1CC(C)(C)C(C(C)C)N1CC(F)(F)F. The van der Waals surface area contributed by atoms with Crippen molar-refractivity contribution in [2.24, 2.45) is 11.3 Å². The van der Waals surface area contributed by atoms with Gasteiger partial charge in [-0.05, 0) is 5.92 Å². The van der Waals surface area contributed by atoms with Crippen molar-refractivity contribution in [3.8, 4) is 0 Å². The second kappa shape index (κ2) is 4.72. The van der Waals surface area contributed by atoms with Crippen LogP contribution in [-0.2, 0) is 4.79 Å². The van der Waals surface area contributed by atoms with Crippen molar-refractivity contribution in [3.05, 3.63) is 0 Å². The largest absolute Gasteiger partial charge is 0.403 e. The van der Waals surface area contributed by atoms with E-state index >= 15 is 0 Å². The van der Waals surface area contributed by atoms with Gasteiger partial charge in [0.1, 0.15) is 6.54 Å². The third-order valence-electron chi connectivity index (χ3n) is 3.33. The Labute approximate surface area is 106 Å². The molecule has 0 bridgehead atoms. The molecule has 0 radical (unpaired) electrons. The molecule has 106 valence electrons. The van der Waals surface area contributed by atoms with Gasteiger partial charge < -0.3 is 0 Å². The number of rotatable bonds is 2. The fourth-order valence-electron chi connectivity index (χ4n) is 3.03. The molecule has 1 amide bonds. The molecular weight excluding hydrogens is 245 g/mol. The van der Waals surface area contributed by atoms with Crippen LogP contribution >= 0.6 is 0 Å². The fraction of sp³-hybridized carbons (Fsp3) is 0.917. The van der Waals surface area contributed by atoms with Gasteiger partial charge in [0.25, 0.3) is 0 Å². The molecule has 0 aromatic heterocycles. The number of hydrogen-bond donors (Lipinski definition) is 0. The van der Waals surface area contributed by atoms with Gasteiger partial charge in [0.15, 0.2) is 0 Å². The zero-order chi connectivity index (χ0) is 14.3. The predicted molar refractivity (Wildman–Crippen MR) is 62.6 cm³/mol. The van der Waals surface area contributed by atoms with E-state index < -0.39 is 12.7 Å². The van der Waals surface area contributed by atoms with Crippen molar-refractivity contribution in [1.29, 1.82) is 0 Å². The molecule has 1 saturated heterocycles. The van der Waals surface area contributed by atoms with Crippen LogP contribution in [0.2, 0.25) is 0 Å². The third-order valence-corrected chi connectivity index (χ3v) is 3.33. The molecule has 1 unspecified atom stereocenters. The first kappa shape index (κ1) is 15.3. The van der Waals surface area contributed by atoms with Gasteiger partial charge in [-0.3, -0.25) is 9.80 Å². The molecule has 1 rings (SSSR count). The number of carbonyl (C=O) groups is 1. The molecule has 0 aliphatic carbocycles. The molecule has 1 fully saturated rings. The lowest BCUT2D eigenvalue weighted by molar-refractivity contribution is -0.187. The summed E-state index contributed by atoms with van der Waals surface area (Å²) in [5.74, 6) is -0.290. The van der Waals surface area contributed by atoms with Crippen LogP contribution in [0.4, 0.5) is 13.2 Å². The molecule has 0 aromatic rings. The Hall–Kier alpha value is -0.780. The van der Waals surface area contributed by atoms with Gasteiger partial charge in [0.2, 0.25) is 5.91 Å². The van der Waals surface area contributed by atoms with Gasteiger partial charge in [-0.25, -0.2) is 5.01 Å². The number of alkyl halides is 3. The minimum Gasteiger partial charge on any atom is -0.274 e. The quantitative estimate of drug-likeness (QED) is 0.767. The Kier molecular flexibility index (Phi) is 4.00. The molecule has 1 aliphatic rings. The molecule has 0 aromatic carbocycles. The zero-order valence-electron chi connectivity index (χ0n) is 11.5. The topological polar surface area (TPSA) is 23.6 Å². The lowest BCUT2D eigenvalue weighted by Crippen LogP contribution is -2.50. The third kappa shape index (κ3) is 3.16. The molecular formula is C12H21F3N2O. The van der Waals surface area contributed by atoms with Gasteiger partial charge in [-0.1, -0.05) is 27.7 Å². The number of halogens is 3. The Balaban J connectivity index is 3.07. The van der Waals surface area contributed by atoms with E-state index in [-0.39, 0.29) is 23.3 Å². The molecule has 18 heavy (non-hydrogen) atoms. The van der Waals surface area contributed by atoms with Crippen LogP contribution in [0.1, 0.15) is 34.6 Å². The highest BCUT2D eigenvalue weighted by Gasteiger charge is 2.51. The number of hydrazine groups is 1. The number of hydrogen-bond acceptors (Lipinski definition) is 2. The Morgan fingerprint density at radius 1 is 1.39 bits per heavy atom. The maximum atomic E-state index is 12.7. The van der Waals surface area contributed by atoms with Crippen LogP contribution in [0.5, 0.6) is 0 Å². The van der Waals surface area contributed by atoms with Crippen LogP contribution < -0.4 is 0 Å². The second-order valence-electron chi connectivity index (χ2n) is 5.97. The summed E-state index contributed by atoms with van der Waals surface area (Å²) in [5, 5.41) is 2.42. The highest BCUT2D eigenvalue weighted by Crippen LogP contribution is 2.40. The molecule has 0 N–H and O–H groups in total. The molecule has 3 nitrogen and oxygen atoms in total. The summed E-state index contributed by atoms with van der Waals surface area (Å²) >= 11 is 0. The van der Waals surface area contributed by atoms with Crippen LogP contribution in [0, 0.1) is 11.3 Å². The Morgan fingerprint density at radius 2 is 1.89 bits per heavy atom. The van der Waals surface area contributed by atoms with E-state index in [2.05, 4.69) is 0 Å². The molecule has 0 saturated carbocycles. The monoisotopic (exact) mass is 266 g/mol. The normalized spacial score (nSPS) is 24.9. The summed E-state index contributed by atoms with van der Waals surface area (Å²) in [4.78, 5) is 11.5. The number of amides is 1. The molecule has 1 heterocycles. The predicted octanol–water partition coefficient (Wildman–Crippen LogP) is 2.68. The van der Waals surface area contributed by atoms with Crippen LogP contribution in [0.25, 0.3) is 0 Å². The Morgan fingerprint density at radius 3 is 2.22 bits per heavy atom. The van der Waals surface area contributed by atoms with Crippen molar-refractivity contribution in [3.63, 3.8) is 0 Å². The van der Waals surface area contributed by atoms with Crippen molar-refractivity contribution in [2.75, 3.05) is 13.1 Å². The van der Waals surface area contributed by atoms with Gasteiger partial charge in [-0.15, -0.1) is 0 Å². The van der Waals surface area contributed by atoms with Crippen molar-refractivity contribution < 1.29 is 18.0 Å². The van der Waals surface area contributed by atoms with E-state index in [0.29, 0.717) is 6.54 Å². The van der Waals surface area contributed by atoms with E-state index in [0.717, 1.165) is 0 Å². The van der Waals surface area contributed by atoms with Crippen LogP contribution in [0.15, 0.2) is 0 Å². The van der Waals surface area contributed by atoms with Crippen molar-refractivity contribution in [2.45, 2.75) is 46.8 Å². The fourth-order valence-corrected chi connectivity index (χ4v) is 3.03. The maximum Gasteiger partial charge on any atom is 0.403 e. The average Bonchev–Trinajstić information content (AvgIpc) is 2.33. The first-order valence-electron chi connectivity index (χ1n) is 6.07. The summed E-state index contributed by atoms with van der Waals surface area (Å²) < 4.78 is 38.0. The average molecular weight is 266 g/mol. The summed E-state index contributed by atoms with van der Waals surface area (Å²) in [6.45, 7) is 8.16. The van der Waals surface area contributed by atoms with E-state index in [9.17, 15) is 18.0 Å². The summed E-state index contributed by atoms with van der Waals surface area (Å²) in [5.41, 5.74) is -0.342. The van der Waals surface area contributed by atoms with E-state index in [1.165, 1.54) is 16.9 Å². The lowest BCUT2D eigenvalue weighted by Gasteiger charge is -2.36. The summed E-state index contributed by atoms with van der Waals surface area (Å²) in [6.07, 6.45) is -4.30. The van der Waals surface area contributed by atoms with Crippen molar-refractivity contribution in [1.82, 2.24) is 10.0 Å². The number of carbonyl (C=O) groups excluding carboxylic acids is 1. The van der Waals surface area contributed by atoms with E-state index in [1.54, 1.807) is 0 Å². The van der Waals surface area contributed by atoms with E-state index in [4.69, 9.17) is 0 Å². The first-order chi connectivity index (χ1) is 7.96. The first-order valence-corrected chi connectivity index (χ1v) is 6.07. The smallest absolute Gasteiger partial charge is 0.274 e. The zero-order valence-corrected chi connectivity index (χ0v) is 11.5. The number of nitrogens with zero attached hydrogens (tertiary/aromatic N) is 2. The Bertz CT molecular complexity index is 326. The second-order valence-corrected chi connectivity index (χ2v) is 5.97. The molecule has 1 aliphatic heterocycles. The van der Waals surface area contributed by atoms with Crippen molar-refractivity contribution >= 4 is 5.91 Å². The maximum absolute atomic E-state index is 12.7. The molecule has 6 heteroatoms.